The Morgan fingerprint density at radius 3 is 2.86 bits per heavy atom. The van der Waals surface area contributed by atoms with E-state index in [0.29, 0.717) is 5.92 Å². The highest BCUT2D eigenvalue weighted by Gasteiger charge is 2.23. The Hall–Kier alpha value is -1.38. The van der Waals surface area contributed by atoms with Gasteiger partial charge in [0.1, 0.15) is 11.4 Å². The van der Waals surface area contributed by atoms with E-state index in [1.54, 1.807) is 0 Å². The van der Waals surface area contributed by atoms with Crippen molar-refractivity contribution in [2.24, 2.45) is 10.3 Å². The summed E-state index contributed by atoms with van der Waals surface area (Å²) in [5.74, 6) is 0.692. The fourth-order valence-electron chi connectivity index (χ4n) is 2.42. The first-order valence-corrected chi connectivity index (χ1v) is 5.20. The molecule has 71 valence electrons. The maximum atomic E-state index is 4.10. The van der Waals surface area contributed by atoms with Gasteiger partial charge in [0.2, 0.25) is 0 Å². The molecule has 0 spiro atoms. The fourth-order valence-corrected chi connectivity index (χ4v) is 2.42. The zero-order chi connectivity index (χ0) is 9.38. The van der Waals surface area contributed by atoms with Gasteiger partial charge >= 0.3 is 0 Å². The molecule has 0 atom stereocenters. The minimum Gasteiger partial charge on any atom is -0.128 e. The lowest BCUT2D eigenvalue weighted by molar-refractivity contribution is 0.724. The predicted molar refractivity (Wildman–Crippen MR) is 54.0 cm³/mol. The van der Waals surface area contributed by atoms with Crippen LogP contribution in [0.4, 0.5) is 11.4 Å². The van der Waals surface area contributed by atoms with Crippen molar-refractivity contribution in [1.29, 1.82) is 0 Å². The van der Waals surface area contributed by atoms with Crippen molar-refractivity contribution in [2.45, 2.75) is 31.6 Å². The highest BCUT2D eigenvalue weighted by molar-refractivity contribution is 5.67. The van der Waals surface area contributed by atoms with Gasteiger partial charge in [-0.15, -0.1) is 10.5 Å². The van der Waals surface area contributed by atoms with Crippen molar-refractivity contribution >= 4 is 11.4 Å². The lowest BCUT2D eigenvalue weighted by Crippen LogP contribution is -1.92. The summed E-state index contributed by atoms with van der Waals surface area (Å²) in [6.07, 6.45) is 5.29. The molecule has 1 fully saturated rings. The van der Waals surface area contributed by atoms with E-state index < -0.39 is 0 Å². The van der Waals surface area contributed by atoms with Gasteiger partial charge in [-0.3, -0.25) is 0 Å². The van der Waals surface area contributed by atoms with Crippen molar-refractivity contribution < 1.29 is 0 Å². The number of fused-ring (bicyclic) bond motifs is 1. The van der Waals surface area contributed by atoms with Crippen LogP contribution in [0.2, 0.25) is 0 Å². The highest BCUT2D eigenvalue weighted by atomic mass is 15.5. The van der Waals surface area contributed by atoms with Gasteiger partial charge in [-0.2, -0.15) is 0 Å². The average molecular weight is 186 g/mol. The smallest absolute Gasteiger partial charge is 0.119 e. The number of rotatable bonds is 1. The van der Waals surface area contributed by atoms with Gasteiger partial charge in [0, 0.05) is 0 Å². The van der Waals surface area contributed by atoms with Crippen molar-refractivity contribution in [3.63, 3.8) is 0 Å². The van der Waals surface area contributed by atoms with Crippen LogP contribution in [0.3, 0.4) is 0 Å². The Morgan fingerprint density at radius 2 is 2.00 bits per heavy atom. The molecular formula is C11H12N3. The van der Waals surface area contributed by atoms with Gasteiger partial charge in [0.25, 0.3) is 0 Å². The second-order valence-corrected chi connectivity index (χ2v) is 3.99. The van der Waals surface area contributed by atoms with Gasteiger partial charge in [0.15, 0.2) is 0 Å². The molecule has 14 heavy (non-hydrogen) atoms. The lowest BCUT2D eigenvalue weighted by atomic mass is 9.95. The zero-order valence-corrected chi connectivity index (χ0v) is 7.98. The molecule has 3 rings (SSSR count). The first-order chi connectivity index (χ1) is 6.95. The van der Waals surface area contributed by atoms with E-state index in [2.05, 4.69) is 27.9 Å². The van der Waals surface area contributed by atoms with E-state index in [9.17, 15) is 0 Å². The molecule has 0 aromatic heterocycles. The Morgan fingerprint density at radius 1 is 1.14 bits per heavy atom. The summed E-state index contributed by atoms with van der Waals surface area (Å²) in [5, 5.41) is 7.84. The van der Waals surface area contributed by atoms with Crippen LogP contribution in [0.5, 0.6) is 0 Å². The third-order valence-corrected chi connectivity index (χ3v) is 3.14. The molecule has 1 aromatic carbocycles. The van der Waals surface area contributed by atoms with Crippen molar-refractivity contribution in [2.75, 3.05) is 0 Å². The Balaban J connectivity index is 2.04. The number of nitrogens with zero attached hydrogens (tertiary/aromatic N) is 3. The molecule has 1 heterocycles. The predicted octanol–water partition coefficient (Wildman–Crippen LogP) is 3.59. The van der Waals surface area contributed by atoms with Crippen LogP contribution in [-0.4, -0.2) is 0 Å². The molecule has 1 aliphatic carbocycles. The van der Waals surface area contributed by atoms with Crippen LogP contribution in [0.1, 0.15) is 37.2 Å². The van der Waals surface area contributed by atoms with Crippen molar-refractivity contribution in [1.82, 2.24) is 5.43 Å². The Bertz CT molecular complexity index is 378. The second-order valence-electron chi connectivity index (χ2n) is 3.99. The third kappa shape index (κ3) is 1.12. The molecule has 3 heteroatoms. The monoisotopic (exact) mass is 186 g/mol. The largest absolute Gasteiger partial charge is 0.128 e. The van der Waals surface area contributed by atoms with Gasteiger partial charge in [0.05, 0.1) is 0 Å². The highest BCUT2D eigenvalue weighted by Crippen LogP contribution is 2.43. The first kappa shape index (κ1) is 7.97. The molecule has 3 nitrogen and oxygen atoms in total. The Kier molecular flexibility index (Phi) is 1.76. The van der Waals surface area contributed by atoms with Gasteiger partial charge in [-0.05, 0) is 35.6 Å². The summed E-state index contributed by atoms with van der Waals surface area (Å²) >= 11 is 0. The van der Waals surface area contributed by atoms with Crippen LogP contribution in [0.25, 0.3) is 0 Å². The summed E-state index contributed by atoms with van der Waals surface area (Å²) in [4.78, 5) is 0. The van der Waals surface area contributed by atoms with Gasteiger partial charge < -0.3 is 0 Å². The van der Waals surface area contributed by atoms with Gasteiger partial charge in [-0.25, -0.2) is 0 Å². The average Bonchev–Trinajstić information content (AvgIpc) is 2.88. The van der Waals surface area contributed by atoms with E-state index >= 15 is 0 Å². The van der Waals surface area contributed by atoms with Crippen LogP contribution < -0.4 is 5.43 Å². The van der Waals surface area contributed by atoms with Crippen molar-refractivity contribution in [3.05, 3.63) is 23.8 Å². The number of hydrogen-bond donors (Lipinski definition) is 0. The summed E-state index contributed by atoms with van der Waals surface area (Å²) in [6.45, 7) is 0. The summed E-state index contributed by atoms with van der Waals surface area (Å²) in [6, 6.07) is 6.22. The first-order valence-electron chi connectivity index (χ1n) is 5.20. The SMILES string of the molecule is c1cc2c(c(C3CCCC3)c1)N=N[N]2. The maximum Gasteiger partial charge on any atom is 0.119 e. The quantitative estimate of drug-likeness (QED) is 0.643. The molecule has 1 aromatic rings. The standard InChI is InChI=1S/C11H12N3/c1-2-5-8(4-1)9-6-3-7-10-11(9)13-14-12-10/h3,6-8H,1-2,4-5H2. The van der Waals surface area contributed by atoms with Crippen molar-refractivity contribution in [3.8, 4) is 0 Å². The minimum absolute atomic E-state index is 0.692. The van der Waals surface area contributed by atoms with E-state index in [-0.39, 0.29) is 0 Å². The molecule has 0 bridgehead atoms. The second kappa shape index (κ2) is 3.08. The number of hydrogen-bond acceptors (Lipinski definition) is 2. The minimum atomic E-state index is 0.692. The molecule has 0 saturated heterocycles. The van der Waals surface area contributed by atoms with E-state index in [4.69, 9.17) is 0 Å². The number of benzene rings is 1. The molecule has 1 aliphatic heterocycles. The molecule has 1 saturated carbocycles. The summed E-state index contributed by atoms with van der Waals surface area (Å²) < 4.78 is 0. The molecule has 2 aliphatic rings. The van der Waals surface area contributed by atoms with Gasteiger partial charge in [-0.1, -0.05) is 25.0 Å². The molecular weight excluding hydrogens is 174 g/mol. The normalized spacial score (nSPS) is 19.7. The third-order valence-electron chi connectivity index (χ3n) is 3.14. The van der Waals surface area contributed by atoms with Crippen LogP contribution in [-0.2, 0) is 0 Å². The molecule has 1 radical (unpaired) electrons. The molecule has 0 N–H and O–H groups in total. The van der Waals surface area contributed by atoms with E-state index in [0.717, 1.165) is 11.4 Å². The van der Waals surface area contributed by atoms with E-state index in [1.807, 2.05) is 6.07 Å². The summed E-state index contributed by atoms with van der Waals surface area (Å²) in [5.41, 5.74) is 7.29. The lowest BCUT2D eigenvalue weighted by Gasteiger charge is -2.10. The molecule has 0 unspecified atom stereocenters. The van der Waals surface area contributed by atoms with Crippen LogP contribution >= 0.6 is 0 Å². The molecule has 0 amide bonds. The zero-order valence-electron chi connectivity index (χ0n) is 7.98. The van der Waals surface area contributed by atoms with E-state index in [1.165, 1.54) is 31.2 Å². The van der Waals surface area contributed by atoms with Crippen LogP contribution in [0, 0.1) is 0 Å². The van der Waals surface area contributed by atoms with Crippen LogP contribution in [0.15, 0.2) is 28.5 Å². The fraction of sp³-hybridized carbons (Fsp3) is 0.455. The maximum absolute atomic E-state index is 4.10. The Labute approximate surface area is 83.2 Å². The summed E-state index contributed by atoms with van der Waals surface area (Å²) in [7, 11) is 0. The topological polar surface area (TPSA) is 38.8 Å².